The van der Waals surface area contributed by atoms with Crippen LogP contribution in [0, 0.1) is 0 Å². The van der Waals surface area contributed by atoms with Crippen LogP contribution < -0.4 is 10.6 Å². The summed E-state index contributed by atoms with van der Waals surface area (Å²) in [5.74, 6) is 0.197. The maximum absolute atomic E-state index is 11.6. The Morgan fingerprint density at radius 1 is 0.865 bits per heavy atom. The third-order valence-corrected chi connectivity index (χ3v) is 6.99. The molecule has 1 atom stereocenters. The molecule has 0 radical (unpaired) electrons. The minimum atomic E-state index is -0.0798. The number of nitrogens with zero attached hydrogens (tertiary/aromatic N) is 1. The van der Waals surface area contributed by atoms with Crippen LogP contribution in [0.15, 0.2) is 36.5 Å². The minimum Gasteiger partial charge on any atom is -0.389 e. The van der Waals surface area contributed by atoms with Gasteiger partial charge in [0, 0.05) is 18.8 Å². The molecule has 0 saturated carbocycles. The number of carbonyl (C=O) groups excluding carboxylic acids is 1. The summed E-state index contributed by atoms with van der Waals surface area (Å²) in [5, 5.41) is 6.60. The van der Waals surface area contributed by atoms with Gasteiger partial charge >= 0.3 is 0 Å². The summed E-state index contributed by atoms with van der Waals surface area (Å²) in [5.41, 5.74) is 3.83. The van der Waals surface area contributed by atoms with E-state index in [0.717, 1.165) is 56.5 Å². The summed E-state index contributed by atoms with van der Waals surface area (Å²) < 4.78 is 6.69. The van der Waals surface area contributed by atoms with E-state index in [9.17, 15) is 4.79 Å². The molecule has 0 saturated heterocycles. The van der Waals surface area contributed by atoms with Crippen molar-refractivity contribution >= 4 is 5.78 Å². The SMILES string of the molecule is C=C(CCCCCCCCCc1ccc(C[C@H](NC)C(C)=O)cc1)NCCCCCOCC[N+](C)(C)C. The summed E-state index contributed by atoms with van der Waals surface area (Å²) in [4.78, 5) is 11.6. The number of nitrogens with one attached hydrogen (secondary N) is 2. The van der Waals surface area contributed by atoms with E-state index >= 15 is 0 Å². The molecule has 0 unspecified atom stereocenters. The number of hydrogen-bond donors (Lipinski definition) is 2. The van der Waals surface area contributed by atoms with E-state index in [2.05, 4.69) is 62.6 Å². The van der Waals surface area contributed by atoms with Gasteiger partial charge in [0.15, 0.2) is 0 Å². The summed E-state index contributed by atoms with van der Waals surface area (Å²) >= 11 is 0. The van der Waals surface area contributed by atoms with Crippen molar-refractivity contribution in [1.29, 1.82) is 0 Å². The van der Waals surface area contributed by atoms with E-state index in [4.69, 9.17) is 4.74 Å². The second-order valence-corrected chi connectivity index (χ2v) is 11.7. The van der Waals surface area contributed by atoms with E-state index in [1.54, 1.807) is 6.92 Å². The highest BCUT2D eigenvalue weighted by molar-refractivity contribution is 5.81. The molecule has 5 heteroatoms. The van der Waals surface area contributed by atoms with Gasteiger partial charge in [0.2, 0.25) is 0 Å². The molecule has 5 nitrogen and oxygen atoms in total. The second-order valence-electron chi connectivity index (χ2n) is 11.7. The number of Topliss-reactive ketones (excluding diaryl/α,β-unsaturated/α-hetero) is 1. The number of carbonyl (C=O) groups is 1. The van der Waals surface area contributed by atoms with Gasteiger partial charge in [-0.25, -0.2) is 0 Å². The number of ketones is 1. The Morgan fingerprint density at radius 3 is 2.08 bits per heavy atom. The average molecular weight is 517 g/mol. The van der Waals surface area contributed by atoms with Gasteiger partial charge in [-0.1, -0.05) is 62.9 Å². The smallest absolute Gasteiger partial charge is 0.147 e. The van der Waals surface area contributed by atoms with Gasteiger partial charge in [-0.05, 0) is 76.5 Å². The molecular weight excluding hydrogens is 458 g/mol. The van der Waals surface area contributed by atoms with E-state index in [-0.39, 0.29) is 11.8 Å². The Kier molecular flexibility index (Phi) is 18.3. The number of rotatable bonds is 24. The molecule has 1 rings (SSSR count). The van der Waals surface area contributed by atoms with Crippen molar-refractivity contribution in [3.8, 4) is 0 Å². The first kappa shape index (κ1) is 33.3. The molecule has 0 fully saturated rings. The number of ether oxygens (including phenoxy) is 1. The third kappa shape index (κ3) is 19.1. The van der Waals surface area contributed by atoms with Crippen LogP contribution in [0.2, 0.25) is 0 Å². The molecule has 0 spiro atoms. The Hall–Kier alpha value is -1.69. The Balaban J connectivity index is 1.91. The molecule has 0 aliphatic heterocycles. The highest BCUT2D eigenvalue weighted by atomic mass is 16.5. The summed E-state index contributed by atoms with van der Waals surface area (Å²) in [6.07, 6.45) is 15.7. The lowest BCUT2D eigenvalue weighted by atomic mass is 9.99. The first-order valence-electron chi connectivity index (χ1n) is 14.8. The van der Waals surface area contributed by atoms with Crippen molar-refractivity contribution in [2.75, 3.05) is 54.5 Å². The predicted octanol–water partition coefficient (Wildman–Crippen LogP) is 6.07. The topological polar surface area (TPSA) is 50.4 Å². The number of quaternary nitrogens is 1. The van der Waals surface area contributed by atoms with Crippen LogP contribution in [0.25, 0.3) is 0 Å². The monoisotopic (exact) mass is 516 g/mol. The fourth-order valence-electron chi connectivity index (χ4n) is 4.38. The maximum atomic E-state index is 11.6. The van der Waals surface area contributed by atoms with Crippen LogP contribution in [0.5, 0.6) is 0 Å². The molecule has 0 aliphatic rings. The van der Waals surface area contributed by atoms with E-state index in [1.165, 1.54) is 74.6 Å². The molecule has 0 aliphatic carbocycles. The first-order chi connectivity index (χ1) is 17.7. The molecule has 0 heterocycles. The molecular formula is C32H58N3O2+. The Bertz CT molecular complexity index is 725. The number of benzene rings is 1. The highest BCUT2D eigenvalue weighted by Crippen LogP contribution is 2.14. The quantitative estimate of drug-likeness (QED) is 0.129. The number of allylic oxidation sites excluding steroid dienone is 1. The molecule has 0 bridgehead atoms. The van der Waals surface area contributed by atoms with Crippen molar-refractivity contribution in [3.05, 3.63) is 47.7 Å². The van der Waals surface area contributed by atoms with Crippen LogP contribution in [0.4, 0.5) is 0 Å². The molecule has 1 aromatic carbocycles. The second kappa shape index (κ2) is 20.3. The van der Waals surface area contributed by atoms with Gasteiger partial charge < -0.3 is 19.9 Å². The highest BCUT2D eigenvalue weighted by Gasteiger charge is 2.11. The number of aryl methyl sites for hydroxylation is 1. The van der Waals surface area contributed by atoms with Gasteiger partial charge in [-0.15, -0.1) is 0 Å². The minimum absolute atomic E-state index is 0.0798. The molecule has 212 valence electrons. The summed E-state index contributed by atoms with van der Waals surface area (Å²) in [7, 11) is 8.45. The molecule has 2 N–H and O–H groups in total. The van der Waals surface area contributed by atoms with Crippen molar-refractivity contribution in [2.45, 2.75) is 96.4 Å². The zero-order valence-corrected chi connectivity index (χ0v) is 24.9. The van der Waals surface area contributed by atoms with Crippen LogP contribution >= 0.6 is 0 Å². The fourth-order valence-corrected chi connectivity index (χ4v) is 4.38. The van der Waals surface area contributed by atoms with Crippen molar-refractivity contribution in [1.82, 2.24) is 10.6 Å². The predicted molar refractivity (Wildman–Crippen MR) is 159 cm³/mol. The fraction of sp³-hybridized carbons (Fsp3) is 0.719. The zero-order valence-electron chi connectivity index (χ0n) is 24.9. The normalized spacial score (nSPS) is 12.5. The number of unbranched alkanes of at least 4 members (excludes halogenated alkanes) is 8. The molecule has 0 amide bonds. The zero-order chi connectivity index (χ0) is 27.4. The van der Waals surface area contributed by atoms with Crippen LogP contribution in [-0.2, 0) is 22.4 Å². The summed E-state index contributed by atoms with van der Waals surface area (Å²) in [6.45, 7) is 9.70. The van der Waals surface area contributed by atoms with Crippen molar-refractivity contribution in [2.24, 2.45) is 0 Å². The van der Waals surface area contributed by atoms with Crippen LogP contribution in [0.1, 0.15) is 88.7 Å². The molecule has 1 aromatic rings. The third-order valence-electron chi connectivity index (χ3n) is 6.99. The number of hydrogen-bond acceptors (Lipinski definition) is 4. The van der Waals surface area contributed by atoms with Crippen LogP contribution in [-0.4, -0.2) is 70.8 Å². The van der Waals surface area contributed by atoms with Gasteiger partial charge in [0.05, 0.1) is 33.8 Å². The van der Waals surface area contributed by atoms with Gasteiger partial charge in [0.1, 0.15) is 12.3 Å². The molecule has 37 heavy (non-hydrogen) atoms. The van der Waals surface area contributed by atoms with Crippen molar-refractivity contribution in [3.63, 3.8) is 0 Å². The largest absolute Gasteiger partial charge is 0.389 e. The van der Waals surface area contributed by atoms with Crippen LogP contribution in [0.3, 0.4) is 0 Å². The average Bonchev–Trinajstić information content (AvgIpc) is 2.85. The van der Waals surface area contributed by atoms with Gasteiger partial charge in [-0.2, -0.15) is 0 Å². The van der Waals surface area contributed by atoms with E-state index < -0.39 is 0 Å². The van der Waals surface area contributed by atoms with Crippen molar-refractivity contribution < 1.29 is 14.0 Å². The maximum Gasteiger partial charge on any atom is 0.147 e. The van der Waals surface area contributed by atoms with E-state index in [1.807, 2.05) is 7.05 Å². The lowest BCUT2D eigenvalue weighted by molar-refractivity contribution is -0.870. The Morgan fingerprint density at radius 2 is 1.46 bits per heavy atom. The van der Waals surface area contributed by atoms with Gasteiger partial charge in [0.25, 0.3) is 0 Å². The number of likely N-dealkylation sites (N-methyl/N-ethyl adjacent to an activating group) is 2. The van der Waals surface area contributed by atoms with Gasteiger partial charge in [-0.3, -0.25) is 4.79 Å². The summed E-state index contributed by atoms with van der Waals surface area (Å²) in [6, 6.07) is 8.73. The standard InChI is InChI=1S/C32H58N3O2/c1-28(34-23-15-12-16-25-37-26-24-35(4,5)6)17-13-10-8-7-9-11-14-18-30-19-21-31(22-20-30)27-32(33-3)29(2)36/h19-22,32-34H,1,7-18,23-27H2,2-6H3/q+1/t32-/m0/s1. The Labute approximate surface area is 229 Å². The molecule has 0 aromatic heterocycles. The van der Waals surface area contributed by atoms with E-state index in [0.29, 0.717) is 0 Å². The first-order valence-corrected chi connectivity index (χ1v) is 14.8. The lowest BCUT2D eigenvalue weighted by Gasteiger charge is -2.23. The lowest BCUT2D eigenvalue weighted by Crippen LogP contribution is -2.37.